The molecule has 0 spiro atoms. The average molecular weight is 285 g/mol. The molecule has 0 amide bonds. The van der Waals surface area contributed by atoms with Crippen molar-refractivity contribution in [3.63, 3.8) is 0 Å². The largest absolute Gasteiger partial charge is 0.383 e. The predicted octanol–water partition coefficient (Wildman–Crippen LogP) is 2.73. The zero-order chi connectivity index (χ0) is 13.1. The minimum atomic E-state index is -0.435. The summed E-state index contributed by atoms with van der Waals surface area (Å²) in [4.78, 5) is 8.06. The maximum atomic E-state index is 13.0. The molecule has 4 nitrogen and oxygen atoms in total. The summed E-state index contributed by atoms with van der Waals surface area (Å²) in [5, 5.41) is 0.578. The number of hydrogen-bond donors (Lipinski definition) is 2. The first kappa shape index (κ1) is 12.9. The summed E-state index contributed by atoms with van der Waals surface area (Å²) in [6.45, 7) is 0. The van der Waals surface area contributed by atoms with Crippen molar-refractivity contribution in [2.24, 2.45) is 0 Å². The number of thioether (sulfide) groups is 1. The van der Waals surface area contributed by atoms with Crippen LogP contribution in [0, 0.1) is 5.82 Å². The first-order valence-corrected chi connectivity index (χ1v) is 6.38. The highest BCUT2D eigenvalue weighted by atomic mass is 35.5. The summed E-state index contributed by atoms with van der Waals surface area (Å²) in [6.07, 6.45) is 0. The van der Waals surface area contributed by atoms with Crippen molar-refractivity contribution in [1.29, 1.82) is 0 Å². The topological polar surface area (TPSA) is 77.8 Å². The van der Waals surface area contributed by atoms with Crippen LogP contribution in [0.15, 0.2) is 29.4 Å². The second-order valence-corrected chi connectivity index (χ2v) is 4.89. The summed E-state index contributed by atoms with van der Waals surface area (Å²) in [5.74, 6) is 0.766. The molecule has 7 heteroatoms. The van der Waals surface area contributed by atoms with Gasteiger partial charge in [-0.1, -0.05) is 29.4 Å². The van der Waals surface area contributed by atoms with Gasteiger partial charge in [0.1, 0.15) is 17.5 Å². The number of aromatic nitrogens is 2. The lowest BCUT2D eigenvalue weighted by Crippen LogP contribution is -1.99. The van der Waals surface area contributed by atoms with E-state index < -0.39 is 5.82 Å². The van der Waals surface area contributed by atoms with Gasteiger partial charge in [0, 0.05) is 11.8 Å². The van der Waals surface area contributed by atoms with E-state index in [1.165, 1.54) is 23.9 Å². The van der Waals surface area contributed by atoms with Crippen LogP contribution in [-0.2, 0) is 5.75 Å². The Bertz CT molecular complexity index is 559. The van der Waals surface area contributed by atoms with Crippen molar-refractivity contribution in [2.75, 3.05) is 11.5 Å². The number of benzene rings is 1. The number of halogens is 2. The number of nitrogens with zero attached hydrogens (tertiary/aromatic N) is 2. The first-order valence-electron chi connectivity index (χ1n) is 5.01. The van der Waals surface area contributed by atoms with Crippen LogP contribution in [0.4, 0.5) is 16.0 Å². The van der Waals surface area contributed by atoms with E-state index in [9.17, 15) is 4.39 Å². The SMILES string of the molecule is Nc1cc(N)nc(SCc2ccc(F)c(Cl)c2)n1. The predicted molar refractivity (Wildman–Crippen MR) is 71.8 cm³/mol. The lowest BCUT2D eigenvalue weighted by Gasteiger charge is -2.03. The van der Waals surface area contributed by atoms with E-state index in [4.69, 9.17) is 23.1 Å². The molecule has 0 aliphatic carbocycles. The number of anilines is 2. The molecule has 1 aromatic carbocycles. The highest BCUT2D eigenvalue weighted by molar-refractivity contribution is 7.98. The normalized spacial score (nSPS) is 10.6. The van der Waals surface area contributed by atoms with E-state index in [1.54, 1.807) is 12.1 Å². The Labute approximate surface area is 113 Å². The van der Waals surface area contributed by atoms with Crippen LogP contribution < -0.4 is 11.5 Å². The quantitative estimate of drug-likeness (QED) is 0.669. The summed E-state index contributed by atoms with van der Waals surface area (Å²) in [7, 11) is 0. The molecule has 0 bridgehead atoms. The third kappa shape index (κ3) is 3.24. The van der Waals surface area contributed by atoms with Crippen LogP contribution in [0.3, 0.4) is 0 Å². The van der Waals surface area contributed by atoms with E-state index in [-0.39, 0.29) is 5.02 Å². The van der Waals surface area contributed by atoms with Gasteiger partial charge < -0.3 is 11.5 Å². The molecule has 0 fully saturated rings. The third-order valence-electron chi connectivity index (χ3n) is 2.10. The van der Waals surface area contributed by atoms with Crippen molar-refractivity contribution in [1.82, 2.24) is 9.97 Å². The number of nitrogens with two attached hydrogens (primary N) is 2. The van der Waals surface area contributed by atoms with Crippen LogP contribution in [0.2, 0.25) is 5.02 Å². The molecule has 0 saturated carbocycles. The monoisotopic (exact) mass is 284 g/mol. The molecule has 0 aliphatic heterocycles. The Morgan fingerprint density at radius 1 is 1.17 bits per heavy atom. The molecule has 1 aromatic heterocycles. The maximum Gasteiger partial charge on any atom is 0.191 e. The Morgan fingerprint density at radius 2 is 1.83 bits per heavy atom. The lowest BCUT2D eigenvalue weighted by molar-refractivity contribution is 0.628. The molecule has 2 aromatic rings. The number of nitrogen functional groups attached to an aromatic ring is 2. The molecule has 0 saturated heterocycles. The molecule has 1 heterocycles. The van der Waals surface area contributed by atoms with E-state index in [2.05, 4.69) is 9.97 Å². The molecular formula is C11H10ClFN4S. The van der Waals surface area contributed by atoms with Crippen LogP contribution >= 0.6 is 23.4 Å². The van der Waals surface area contributed by atoms with Crippen LogP contribution in [0.1, 0.15) is 5.56 Å². The Morgan fingerprint density at radius 3 is 2.44 bits per heavy atom. The molecule has 0 atom stereocenters. The van der Waals surface area contributed by atoms with E-state index in [0.29, 0.717) is 22.5 Å². The van der Waals surface area contributed by atoms with Crippen molar-refractivity contribution in [3.05, 3.63) is 40.7 Å². The molecule has 18 heavy (non-hydrogen) atoms. The van der Waals surface area contributed by atoms with Gasteiger partial charge in [-0.25, -0.2) is 14.4 Å². The van der Waals surface area contributed by atoms with Crippen molar-refractivity contribution in [2.45, 2.75) is 10.9 Å². The fourth-order valence-corrected chi connectivity index (χ4v) is 2.32. The van der Waals surface area contributed by atoms with E-state index >= 15 is 0 Å². The van der Waals surface area contributed by atoms with Gasteiger partial charge in [0.25, 0.3) is 0 Å². The minimum absolute atomic E-state index is 0.0982. The van der Waals surface area contributed by atoms with Gasteiger partial charge in [-0.05, 0) is 17.7 Å². The van der Waals surface area contributed by atoms with Gasteiger partial charge >= 0.3 is 0 Å². The summed E-state index contributed by atoms with van der Waals surface area (Å²) >= 11 is 7.04. The second-order valence-electron chi connectivity index (χ2n) is 3.54. The van der Waals surface area contributed by atoms with E-state index in [0.717, 1.165) is 5.56 Å². The molecule has 0 unspecified atom stereocenters. The summed E-state index contributed by atoms with van der Waals surface area (Å²) in [5.41, 5.74) is 12.0. The smallest absolute Gasteiger partial charge is 0.191 e. The Kier molecular flexibility index (Phi) is 3.88. The molecule has 0 aliphatic rings. The average Bonchev–Trinajstić information content (AvgIpc) is 2.29. The van der Waals surface area contributed by atoms with Gasteiger partial charge in [0.05, 0.1) is 5.02 Å². The Balaban J connectivity index is 2.08. The highest BCUT2D eigenvalue weighted by Gasteiger charge is 2.04. The van der Waals surface area contributed by atoms with Gasteiger partial charge in [-0.3, -0.25) is 0 Å². The third-order valence-corrected chi connectivity index (χ3v) is 3.31. The molecule has 4 N–H and O–H groups in total. The summed E-state index contributed by atoms with van der Waals surface area (Å²) < 4.78 is 13.0. The molecule has 0 radical (unpaired) electrons. The highest BCUT2D eigenvalue weighted by Crippen LogP contribution is 2.24. The van der Waals surface area contributed by atoms with Gasteiger partial charge in [0.15, 0.2) is 5.16 Å². The minimum Gasteiger partial charge on any atom is -0.383 e. The number of hydrogen-bond acceptors (Lipinski definition) is 5. The van der Waals surface area contributed by atoms with Crippen LogP contribution in [0.5, 0.6) is 0 Å². The zero-order valence-electron chi connectivity index (χ0n) is 9.23. The van der Waals surface area contributed by atoms with Gasteiger partial charge in [-0.15, -0.1) is 0 Å². The van der Waals surface area contributed by atoms with Crippen molar-refractivity contribution in [3.8, 4) is 0 Å². The maximum absolute atomic E-state index is 13.0. The molecule has 2 rings (SSSR count). The fourth-order valence-electron chi connectivity index (χ4n) is 1.30. The van der Waals surface area contributed by atoms with Crippen molar-refractivity contribution < 1.29 is 4.39 Å². The first-order chi connectivity index (χ1) is 8.54. The van der Waals surface area contributed by atoms with E-state index in [1.807, 2.05) is 0 Å². The molecular weight excluding hydrogens is 275 g/mol. The molecule has 94 valence electrons. The fraction of sp³-hybridized carbons (Fsp3) is 0.0909. The second kappa shape index (κ2) is 5.41. The van der Waals surface area contributed by atoms with Crippen molar-refractivity contribution >= 4 is 35.0 Å². The number of rotatable bonds is 3. The Hall–Kier alpha value is -1.53. The lowest BCUT2D eigenvalue weighted by atomic mass is 10.2. The van der Waals surface area contributed by atoms with Crippen LogP contribution in [0.25, 0.3) is 0 Å². The summed E-state index contributed by atoms with van der Waals surface area (Å²) in [6, 6.07) is 6.04. The van der Waals surface area contributed by atoms with Crippen LogP contribution in [-0.4, -0.2) is 9.97 Å². The standard InChI is InChI=1S/C11H10ClFN4S/c12-7-3-6(1-2-8(7)13)5-18-11-16-9(14)4-10(15)17-11/h1-4H,5H2,(H4,14,15,16,17). The van der Waals surface area contributed by atoms with Gasteiger partial charge in [0.2, 0.25) is 0 Å². The zero-order valence-corrected chi connectivity index (χ0v) is 10.8. The van der Waals surface area contributed by atoms with Gasteiger partial charge in [-0.2, -0.15) is 0 Å².